The molecule has 0 aromatic rings. The van der Waals surface area contributed by atoms with Gasteiger partial charge in [0.25, 0.3) is 0 Å². The predicted molar refractivity (Wildman–Crippen MR) is 65.3 cm³/mol. The van der Waals surface area contributed by atoms with E-state index in [4.69, 9.17) is 0 Å². The van der Waals surface area contributed by atoms with Crippen molar-refractivity contribution in [2.45, 2.75) is 25.8 Å². The monoisotopic (exact) mass is 246 g/mol. The van der Waals surface area contributed by atoms with E-state index in [0.29, 0.717) is 23.5 Å². The van der Waals surface area contributed by atoms with Gasteiger partial charge in [-0.15, -0.1) is 0 Å². The first-order valence-corrected chi connectivity index (χ1v) is 8.07. The summed E-state index contributed by atoms with van der Waals surface area (Å²) in [7, 11) is -2.70. The van der Waals surface area contributed by atoms with Gasteiger partial charge in [0.1, 0.15) is 0 Å². The van der Waals surface area contributed by atoms with E-state index in [0.717, 1.165) is 32.6 Å². The van der Waals surface area contributed by atoms with Crippen LogP contribution in [0.15, 0.2) is 0 Å². The second kappa shape index (κ2) is 5.02. The Morgan fingerprint density at radius 1 is 1.38 bits per heavy atom. The molecular weight excluding hydrogens is 224 g/mol. The van der Waals surface area contributed by atoms with Crippen LogP contribution in [0.4, 0.5) is 0 Å². The van der Waals surface area contributed by atoms with E-state index in [1.807, 2.05) is 0 Å². The maximum Gasteiger partial charge on any atom is 0.150 e. The van der Waals surface area contributed by atoms with Crippen molar-refractivity contribution in [2.24, 2.45) is 5.92 Å². The van der Waals surface area contributed by atoms with Gasteiger partial charge < -0.3 is 10.2 Å². The molecule has 0 spiro atoms. The van der Waals surface area contributed by atoms with Crippen molar-refractivity contribution in [1.82, 2.24) is 10.2 Å². The van der Waals surface area contributed by atoms with Crippen molar-refractivity contribution in [2.75, 3.05) is 37.7 Å². The molecule has 2 atom stereocenters. The third kappa shape index (κ3) is 3.18. The highest BCUT2D eigenvalue weighted by molar-refractivity contribution is 7.91. The van der Waals surface area contributed by atoms with Crippen LogP contribution in [0, 0.1) is 5.92 Å². The molecule has 0 saturated carbocycles. The van der Waals surface area contributed by atoms with E-state index in [2.05, 4.69) is 17.1 Å². The SMILES string of the molecule is CCNC1CCN(CC2CCS(=O)(=O)C2)C1. The molecule has 2 aliphatic heterocycles. The lowest BCUT2D eigenvalue weighted by molar-refractivity contribution is 0.284. The standard InChI is InChI=1S/C11H22N2O2S/c1-2-12-11-3-5-13(8-11)7-10-4-6-16(14,15)9-10/h10-12H,2-9H2,1H3. The Hall–Kier alpha value is -0.130. The number of sulfone groups is 1. The summed E-state index contributed by atoms with van der Waals surface area (Å²) in [4.78, 5) is 2.42. The van der Waals surface area contributed by atoms with Gasteiger partial charge in [-0.25, -0.2) is 8.42 Å². The predicted octanol–water partition coefficient (Wildman–Crippen LogP) is 0.105. The molecule has 2 heterocycles. The average molecular weight is 246 g/mol. The van der Waals surface area contributed by atoms with Crippen molar-refractivity contribution in [3.63, 3.8) is 0 Å². The Bertz CT molecular complexity index is 329. The topological polar surface area (TPSA) is 49.4 Å². The minimum absolute atomic E-state index is 0.380. The fraction of sp³-hybridized carbons (Fsp3) is 1.00. The van der Waals surface area contributed by atoms with Crippen LogP contribution in [0.25, 0.3) is 0 Å². The molecule has 2 unspecified atom stereocenters. The summed E-state index contributed by atoms with van der Waals surface area (Å²) in [6.07, 6.45) is 2.07. The Morgan fingerprint density at radius 3 is 2.81 bits per heavy atom. The van der Waals surface area contributed by atoms with Gasteiger partial charge in [-0.1, -0.05) is 6.92 Å². The molecular formula is C11H22N2O2S. The molecule has 5 heteroatoms. The van der Waals surface area contributed by atoms with Crippen molar-refractivity contribution in [3.05, 3.63) is 0 Å². The molecule has 0 bridgehead atoms. The number of rotatable bonds is 4. The fourth-order valence-corrected chi connectivity index (χ4v) is 4.68. The normalized spacial score (nSPS) is 34.6. The molecule has 1 N–H and O–H groups in total. The lowest BCUT2D eigenvalue weighted by Gasteiger charge is -2.19. The highest BCUT2D eigenvalue weighted by Crippen LogP contribution is 2.21. The van der Waals surface area contributed by atoms with Gasteiger partial charge in [0.15, 0.2) is 9.84 Å². The van der Waals surface area contributed by atoms with Gasteiger partial charge in [-0.2, -0.15) is 0 Å². The number of hydrogen-bond donors (Lipinski definition) is 1. The van der Waals surface area contributed by atoms with Crippen LogP contribution in [0.2, 0.25) is 0 Å². The number of likely N-dealkylation sites (N-methyl/N-ethyl adjacent to an activating group) is 1. The van der Waals surface area contributed by atoms with Crippen LogP contribution in [0.1, 0.15) is 19.8 Å². The minimum Gasteiger partial charge on any atom is -0.313 e. The molecule has 0 aliphatic carbocycles. The summed E-state index contributed by atoms with van der Waals surface area (Å²) in [5.74, 6) is 1.20. The van der Waals surface area contributed by atoms with Crippen molar-refractivity contribution in [3.8, 4) is 0 Å². The molecule has 0 amide bonds. The second-order valence-corrected chi connectivity index (χ2v) is 7.30. The highest BCUT2D eigenvalue weighted by atomic mass is 32.2. The van der Waals surface area contributed by atoms with Crippen LogP contribution >= 0.6 is 0 Å². The lowest BCUT2D eigenvalue weighted by Crippen LogP contribution is -2.34. The number of hydrogen-bond acceptors (Lipinski definition) is 4. The fourth-order valence-electron chi connectivity index (χ4n) is 2.83. The molecule has 4 nitrogen and oxygen atoms in total. The highest BCUT2D eigenvalue weighted by Gasteiger charge is 2.31. The second-order valence-electron chi connectivity index (χ2n) is 5.07. The van der Waals surface area contributed by atoms with Crippen LogP contribution in [-0.4, -0.2) is 57.0 Å². The van der Waals surface area contributed by atoms with Crippen LogP contribution < -0.4 is 5.32 Å². The van der Waals surface area contributed by atoms with Gasteiger partial charge in [-0.05, 0) is 31.8 Å². The molecule has 2 aliphatic rings. The first-order chi connectivity index (χ1) is 7.59. The summed E-state index contributed by atoms with van der Waals surface area (Å²) in [5, 5.41) is 3.46. The largest absolute Gasteiger partial charge is 0.313 e. The van der Waals surface area contributed by atoms with Gasteiger partial charge >= 0.3 is 0 Å². The van der Waals surface area contributed by atoms with Gasteiger partial charge in [0, 0.05) is 19.1 Å². The zero-order chi connectivity index (χ0) is 11.6. The third-order valence-corrected chi connectivity index (χ3v) is 5.45. The van der Waals surface area contributed by atoms with E-state index in [1.54, 1.807) is 0 Å². The molecule has 2 saturated heterocycles. The third-order valence-electron chi connectivity index (χ3n) is 3.61. The van der Waals surface area contributed by atoms with Crippen LogP contribution in [0.3, 0.4) is 0 Å². The number of nitrogens with one attached hydrogen (secondary N) is 1. The summed E-state index contributed by atoms with van der Waals surface area (Å²) in [6.45, 7) is 6.34. The Kier molecular flexibility index (Phi) is 3.87. The minimum atomic E-state index is -2.70. The van der Waals surface area contributed by atoms with E-state index >= 15 is 0 Å². The first-order valence-electron chi connectivity index (χ1n) is 6.25. The Balaban J connectivity index is 1.75. The molecule has 16 heavy (non-hydrogen) atoms. The van der Waals surface area contributed by atoms with Crippen molar-refractivity contribution in [1.29, 1.82) is 0 Å². The smallest absolute Gasteiger partial charge is 0.150 e. The first kappa shape index (κ1) is 12.3. The van der Waals surface area contributed by atoms with Crippen LogP contribution in [0.5, 0.6) is 0 Å². The van der Waals surface area contributed by atoms with Crippen LogP contribution in [-0.2, 0) is 9.84 Å². The van der Waals surface area contributed by atoms with Crippen molar-refractivity contribution >= 4 is 9.84 Å². The van der Waals surface area contributed by atoms with E-state index < -0.39 is 9.84 Å². The van der Waals surface area contributed by atoms with Crippen molar-refractivity contribution < 1.29 is 8.42 Å². The van der Waals surface area contributed by atoms with E-state index in [1.165, 1.54) is 6.42 Å². The van der Waals surface area contributed by atoms with Gasteiger partial charge in [-0.3, -0.25) is 0 Å². The summed E-state index contributed by atoms with van der Waals surface area (Å²) in [5.41, 5.74) is 0. The number of nitrogens with zero attached hydrogens (tertiary/aromatic N) is 1. The molecule has 2 fully saturated rings. The average Bonchev–Trinajstić information content (AvgIpc) is 2.75. The van der Waals surface area contributed by atoms with E-state index in [-0.39, 0.29) is 0 Å². The van der Waals surface area contributed by atoms with Gasteiger partial charge in [0.05, 0.1) is 11.5 Å². The zero-order valence-electron chi connectivity index (χ0n) is 9.98. The molecule has 0 aromatic heterocycles. The van der Waals surface area contributed by atoms with E-state index in [9.17, 15) is 8.42 Å². The maximum atomic E-state index is 11.4. The Labute approximate surface area is 98.3 Å². The van der Waals surface area contributed by atoms with Gasteiger partial charge in [0.2, 0.25) is 0 Å². The molecule has 0 aromatic carbocycles. The maximum absolute atomic E-state index is 11.4. The summed E-state index contributed by atoms with van der Waals surface area (Å²) in [6, 6.07) is 0.614. The summed E-state index contributed by atoms with van der Waals surface area (Å²) >= 11 is 0. The Morgan fingerprint density at radius 2 is 2.19 bits per heavy atom. The summed E-state index contributed by atoms with van der Waals surface area (Å²) < 4.78 is 22.7. The quantitative estimate of drug-likeness (QED) is 0.764. The lowest BCUT2D eigenvalue weighted by atomic mass is 10.1. The molecule has 2 rings (SSSR count). The zero-order valence-corrected chi connectivity index (χ0v) is 10.8. The molecule has 0 radical (unpaired) electrons. The molecule has 94 valence electrons. The number of likely N-dealkylation sites (tertiary alicyclic amines) is 1.